The van der Waals surface area contributed by atoms with Gasteiger partial charge in [-0.25, -0.2) is 8.78 Å². The van der Waals surface area contributed by atoms with Crippen LogP contribution in [0.2, 0.25) is 0 Å². The highest BCUT2D eigenvalue weighted by Crippen LogP contribution is 2.21. The lowest BCUT2D eigenvalue weighted by atomic mass is 9.89. The van der Waals surface area contributed by atoms with Gasteiger partial charge in [0, 0.05) is 12.1 Å². The van der Waals surface area contributed by atoms with Crippen molar-refractivity contribution in [2.75, 3.05) is 0 Å². The van der Waals surface area contributed by atoms with E-state index in [1.54, 1.807) is 0 Å². The van der Waals surface area contributed by atoms with Crippen LogP contribution in [0.3, 0.4) is 0 Å². The number of hydrogen-bond donors (Lipinski definition) is 2. The molecule has 2 rings (SSSR count). The van der Waals surface area contributed by atoms with Gasteiger partial charge in [-0.3, -0.25) is 4.79 Å². The minimum absolute atomic E-state index is 0.123. The highest BCUT2D eigenvalue weighted by molar-refractivity contribution is 5.94. The number of carbonyl (C=O) groups is 1. The number of hydrogen-bond acceptors (Lipinski definition) is 2. The van der Waals surface area contributed by atoms with Crippen LogP contribution in [0.25, 0.3) is 0 Å². The molecule has 0 aliphatic heterocycles. The molecule has 17 heavy (non-hydrogen) atoms. The first-order valence-electron chi connectivity index (χ1n) is 5.42. The third-order valence-electron chi connectivity index (χ3n) is 2.94. The van der Waals surface area contributed by atoms with Crippen LogP contribution in [-0.2, 0) is 0 Å². The first kappa shape index (κ1) is 12.0. The summed E-state index contributed by atoms with van der Waals surface area (Å²) < 4.78 is 26.4. The SMILES string of the molecule is Cc1cc(C(=O)NC2CC(O)C2)c(F)cc1F. The maximum atomic E-state index is 13.4. The van der Waals surface area contributed by atoms with Crippen LogP contribution in [0.4, 0.5) is 8.78 Å². The molecule has 0 atom stereocenters. The van der Waals surface area contributed by atoms with Crippen molar-refractivity contribution in [3.05, 3.63) is 34.9 Å². The van der Waals surface area contributed by atoms with E-state index in [4.69, 9.17) is 5.11 Å². The Bertz CT molecular complexity index is 456. The van der Waals surface area contributed by atoms with Gasteiger partial charge in [0.15, 0.2) is 0 Å². The van der Waals surface area contributed by atoms with Gasteiger partial charge in [-0.15, -0.1) is 0 Å². The number of nitrogens with one attached hydrogen (secondary N) is 1. The zero-order valence-electron chi connectivity index (χ0n) is 9.34. The van der Waals surface area contributed by atoms with Crippen LogP contribution < -0.4 is 5.32 Å². The fourth-order valence-corrected chi connectivity index (χ4v) is 1.80. The average molecular weight is 241 g/mol. The summed E-state index contributed by atoms with van der Waals surface area (Å²) in [5.74, 6) is -2.11. The largest absolute Gasteiger partial charge is 0.393 e. The fourth-order valence-electron chi connectivity index (χ4n) is 1.80. The Morgan fingerprint density at radius 2 is 2.00 bits per heavy atom. The molecule has 1 aromatic carbocycles. The molecule has 0 heterocycles. The average Bonchev–Trinajstić information content (AvgIpc) is 2.21. The molecule has 92 valence electrons. The number of rotatable bonds is 2. The molecule has 1 saturated carbocycles. The molecule has 0 unspecified atom stereocenters. The van der Waals surface area contributed by atoms with Gasteiger partial charge >= 0.3 is 0 Å². The Balaban J connectivity index is 2.11. The van der Waals surface area contributed by atoms with Gasteiger partial charge in [-0.05, 0) is 31.4 Å². The number of amides is 1. The molecule has 3 nitrogen and oxygen atoms in total. The smallest absolute Gasteiger partial charge is 0.254 e. The summed E-state index contributed by atoms with van der Waals surface area (Å²) in [6.07, 6.45) is 0.571. The lowest BCUT2D eigenvalue weighted by Crippen LogP contribution is -2.46. The monoisotopic (exact) mass is 241 g/mol. The quantitative estimate of drug-likeness (QED) is 0.824. The number of aliphatic hydroxyl groups is 1. The van der Waals surface area contributed by atoms with E-state index in [2.05, 4.69) is 5.32 Å². The lowest BCUT2D eigenvalue weighted by Gasteiger charge is -2.31. The van der Waals surface area contributed by atoms with Crippen molar-refractivity contribution in [2.45, 2.75) is 31.9 Å². The van der Waals surface area contributed by atoms with Gasteiger partial charge in [0.25, 0.3) is 5.91 Å². The van der Waals surface area contributed by atoms with Gasteiger partial charge in [0.2, 0.25) is 0 Å². The van der Waals surface area contributed by atoms with Crippen LogP contribution in [0, 0.1) is 18.6 Å². The molecule has 1 amide bonds. The molecule has 5 heteroatoms. The molecule has 1 aromatic rings. The zero-order valence-corrected chi connectivity index (χ0v) is 9.34. The number of aryl methyl sites for hydroxylation is 1. The van der Waals surface area contributed by atoms with Gasteiger partial charge in [-0.2, -0.15) is 0 Å². The molecule has 0 radical (unpaired) electrons. The number of carbonyl (C=O) groups excluding carboxylic acids is 1. The first-order valence-corrected chi connectivity index (χ1v) is 5.42. The van der Waals surface area contributed by atoms with E-state index >= 15 is 0 Å². The maximum absolute atomic E-state index is 13.4. The number of aliphatic hydroxyl groups excluding tert-OH is 1. The molecule has 2 N–H and O–H groups in total. The zero-order chi connectivity index (χ0) is 12.6. The van der Waals surface area contributed by atoms with Crippen molar-refractivity contribution in [3.8, 4) is 0 Å². The molecular formula is C12H13F2NO2. The second-order valence-corrected chi connectivity index (χ2v) is 4.38. The van der Waals surface area contributed by atoms with Crippen LogP contribution in [-0.4, -0.2) is 23.2 Å². The van der Waals surface area contributed by atoms with Crippen molar-refractivity contribution in [1.82, 2.24) is 5.32 Å². The Hall–Kier alpha value is -1.49. The fraction of sp³-hybridized carbons (Fsp3) is 0.417. The minimum atomic E-state index is -0.870. The summed E-state index contributed by atoms with van der Waals surface area (Å²) in [5.41, 5.74) is 0.0653. The Morgan fingerprint density at radius 3 is 2.59 bits per heavy atom. The van der Waals surface area contributed by atoms with Crippen molar-refractivity contribution in [2.24, 2.45) is 0 Å². The Morgan fingerprint density at radius 1 is 1.35 bits per heavy atom. The highest BCUT2D eigenvalue weighted by atomic mass is 19.1. The second kappa shape index (κ2) is 4.41. The summed E-state index contributed by atoms with van der Waals surface area (Å²) in [7, 11) is 0. The Labute approximate surface area is 97.5 Å². The highest BCUT2D eigenvalue weighted by Gasteiger charge is 2.29. The van der Waals surface area contributed by atoms with E-state index < -0.39 is 17.5 Å². The summed E-state index contributed by atoms with van der Waals surface area (Å²) in [6, 6.07) is 1.77. The predicted octanol–water partition coefficient (Wildman–Crippen LogP) is 1.53. The molecule has 0 aromatic heterocycles. The minimum Gasteiger partial charge on any atom is -0.393 e. The predicted molar refractivity (Wildman–Crippen MR) is 57.6 cm³/mol. The van der Waals surface area contributed by atoms with E-state index in [1.165, 1.54) is 13.0 Å². The molecule has 0 spiro atoms. The topological polar surface area (TPSA) is 49.3 Å². The van der Waals surface area contributed by atoms with Crippen LogP contribution >= 0.6 is 0 Å². The van der Waals surface area contributed by atoms with Gasteiger partial charge < -0.3 is 10.4 Å². The standard InChI is InChI=1S/C12H13F2NO2/c1-6-2-9(11(14)5-10(6)13)12(17)15-7-3-8(16)4-7/h2,5,7-8,16H,3-4H2,1H3,(H,15,17). The van der Waals surface area contributed by atoms with Crippen molar-refractivity contribution in [1.29, 1.82) is 0 Å². The van der Waals surface area contributed by atoms with E-state index in [-0.39, 0.29) is 23.3 Å². The van der Waals surface area contributed by atoms with Gasteiger partial charge in [0.1, 0.15) is 11.6 Å². The van der Waals surface area contributed by atoms with E-state index in [0.29, 0.717) is 18.9 Å². The first-order chi connectivity index (χ1) is 7.97. The third-order valence-corrected chi connectivity index (χ3v) is 2.94. The lowest BCUT2D eigenvalue weighted by molar-refractivity contribution is 0.0561. The molecule has 1 fully saturated rings. The molecule has 1 aliphatic rings. The van der Waals surface area contributed by atoms with Crippen molar-refractivity contribution >= 4 is 5.91 Å². The second-order valence-electron chi connectivity index (χ2n) is 4.38. The van der Waals surface area contributed by atoms with E-state index in [1.807, 2.05) is 0 Å². The number of benzene rings is 1. The van der Waals surface area contributed by atoms with Crippen LogP contribution in [0.1, 0.15) is 28.8 Å². The van der Waals surface area contributed by atoms with Crippen molar-refractivity contribution < 1.29 is 18.7 Å². The van der Waals surface area contributed by atoms with Crippen LogP contribution in [0.15, 0.2) is 12.1 Å². The molecular weight excluding hydrogens is 228 g/mol. The van der Waals surface area contributed by atoms with Gasteiger partial charge in [-0.1, -0.05) is 0 Å². The van der Waals surface area contributed by atoms with Gasteiger partial charge in [0.05, 0.1) is 11.7 Å². The maximum Gasteiger partial charge on any atom is 0.254 e. The normalized spacial score (nSPS) is 23.1. The van der Waals surface area contributed by atoms with E-state index in [9.17, 15) is 13.6 Å². The molecule has 0 bridgehead atoms. The van der Waals surface area contributed by atoms with E-state index in [0.717, 1.165) is 0 Å². The third kappa shape index (κ3) is 2.44. The molecule has 0 saturated heterocycles. The Kier molecular flexibility index (Phi) is 3.11. The van der Waals surface area contributed by atoms with Crippen LogP contribution in [0.5, 0.6) is 0 Å². The van der Waals surface area contributed by atoms with Crippen molar-refractivity contribution in [3.63, 3.8) is 0 Å². The summed E-state index contributed by atoms with van der Waals surface area (Å²) in [5, 5.41) is 11.7. The summed E-state index contributed by atoms with van der Waals surface area (Å²) >= 11 is 0. The summed E-state index contributed by atoms with van der Waals surface area (Å²) in [4.78, 5) is 11.7. The summed E-state index contributed by atoms with van der Waals surface area (Å²) in [6.45, 7) is 1.47. The number of halogens is 2. The molecule has 1 aliphatic carbocycles.